The summed E-state index contributed by atoms with van der Waals surface area (Å²) in [5.74, 6) is 2.18. The number of anilines is 2. The van der Waals surface area contributed by atoms with Crippen LogP contribution >= 0.6 is 11.6 Å². The Morgan fingerprint density at radius 3 is 2.70 bits per heavy atom. The van der Waals surface area contributed by atoms with Crippen molar-refractivity contribution in [3.8, 4) is 0 Å². The molecule has 1 aliphatic heterocycles. The summed E-state index contributed by atoms with van der Waals surface area (Å²) < 4.78 is 0. The quantitative estimate of drug-likeness (QED) is 0.855. The Hall–Kier alpha value is -1.10. The first-order chi connectivity index (χ1) is 9.60. The Morgan fingerprint density at radius 2 is 2.00 bits per heavy atom. The van der Waals surface area contributed by atoms with E-state index < -0.39 is 0 Å². The number of rotatable bonds is 4. The van der Waals surface area contributed by atoms with Crippen molar-refractivity contribution >= 4 is 23.5 Å². The van der Waals surface area contributed by atoms with Gasteiger partial charge >= 0.3 is 0 Å². The Labute approximate surface area is 126 Å². The lowest BCUT2D eigenvalue weighted by atomic mass is 9.96. The van der Waals surface area contributed by atoms with Crippen LogP contribution in [0, 0.1) is 5.92 Å². The van der Waals surface area contributed by atoms with Crippen molar-refractivity contribution in [1.82, 2.24) is 15.0 Å². The summed E-state index contributed by atoms with van der Waals surface area (Å²) in [7, 11) is 3.82. The fourth-order valence-corrected chi connectivity index (χ4v) is 2.88. The first kappa shape index (κ1) is 15.3. The number of aromatic nitrogens is 3. The van der Waals surface area contributed by atoms with Crippen molar-refractivity contribution in [1.29, 1.82) is 0 Å². The van der Waals surface area contributed by atoms with Gasteiger partial charge in [-0.05, 0) is 36.8 Å². The summed E-state index contributed by atoms with van der Waals surface area (Å²) in [6.07, 6.45) is 6.32. The van der Waals surface area contributed by atoms with Gasteiger partial charge in [0.05, 0.1) is 0 Å². The maximum atomic E-state index is 6.02. The maximum Gasteiger partial charge on any atom is 0.231 e. The summed E-state index contributed by atoms with van der Waals surface area (Å²) in [6, 6.07) is 0. The molecule has 0 aliphatic carbocycles. The van der Waals surface area contributed by atoms with Crippen LogP contribution in [0.15, 0.2) is 0 Å². The fraction of sp³-hybridized carbons (Fsp3) is 0.786. The molecule has 2 rings (SSSR count). The summed E-state index contributed by atoms with van der Waals surface area (Å²) >= 11 is 6.02. The van der Waals surface area contributed by atoms with E-state index in [4.69, 9.17) is 11.6 Å². The van der Waals surface area contributed by atoms with E-state index in [-0.39, 0.29) is 5.28 Å². The molecule has 1 aromatic rings. The van der Waals surface area contributed by atoms with Gasteiger partial charge in [0.2, 0.25) is 17.2 Å². The standard InChI is InChI=1S/C14H24ClN5/c1-4-6-11-7-5-9-20(10-8-11)14-17-12(15)16-13(18-14)19(2)3/h11H,4-10H2,1-3H3. The molecular formula is C14H24ClN5. The molecule has 6 heteroatoms. The minimum absolute atomic E-state index is 0.271. The molecule has 5 nitrogen and oxygen atoms in total. The van der Waals surface area contributed by atoms with Gasteiger partial charge < -0.3 is 9.80 Å². The van der Waals surface area contributed by atoms with Crippen LogP contribution in [0.1, 0.15) is 39.0 Å². The lowest BCUT2D eigenvalue weighted by Gasteiger charge is -2.21. The Morgan fingerprint density at radius 1 is 1.20 bits per heavy atom. The molecule has 0 saturated carbocycles. The number of nitrogens with zero attached hydrogens (tertiary/aromatic N) is 5. The van der Waals surface area contributed by atoms with Gasteiger partial charge in [0.25, 0.3) is 0 Å². The molecule has 2 heterocycles. The predicted molar refractivity (Wildman–Crippen MR) is 83.6 cm³/mol. The van der Waals surface area contributed by atoms with E-state index in [9.17, 15) is 0 Å². The first-order valence-corrected chi connectivity index (χ1v) is 7.81. The molecule has 0 bridgehead atoms. The zero-order valence-electron chi connectivity index (χ0n) is 12.6. The van der Waals surface area contributed by atoms with Gasteiger partial charge in [-0.1, -0.05) is 19.8 Å². The number of hydrogen-bond acceptors (Lipinski definition) is 5. The van der Waals surface area contributed by atoms with Crippen molar-refractivity contribution in [2.45, 2.75) is 39.0 Å². The molecule has 0 spiro atoms. The van der Waals surface area contributed by atoms with Gasteiger partial charge in [0.15, 0.2) is 0 Å². The average Bonchev–Trinajstić information content (AvgIpc) is 2.64. The highest BCUT2D eigenvalue weighted by atomic mass is 35.5. The van der Waals surface area contributed by atoms with Crippen LogP contribution < -0.4 is 9.80 Å². The molecule has 112 valence electrons. The van der Waals surface area contributed by atoms with Gasteiger partial charge in [-0.25, -0.2) is 0 Å². The first-order valence-electron chi connectivity index (χ1n) is 7.44. The topological polar surface area (TPSA) is 45.2 Å². The van der Waals surface area contributed by atoms with Crippen LogP contribution in [0.3, 0.4) is 0 Å². The van der Waals surface area contributed by atoms with Crippen molar-refractivity contribution < 1.29 is 0 Å². The second kappa shape index (κ2) is 7.07. The molecule has 1 atom stereocenters. The molecule has 20 heavy (non-hydrogen) atoms. The monoisotopic (exact) mass is 297 g/mol. The van der Waals surface area contributed by atoms with E-state index in [1.54, 1.807) is 0 Å². The Bertz CT molecular complexity index is 438. The van der Waals surface area contributed by atoms with Crippen molar-refractivity contribution in [3.63, 3.8) is 0 Å². The number of hydrogen-bond donors (Lipinski definition) is 0. The molecule has 1 aliphatic rings. The van der Waals surface area contributed by atoms with Crippen molar-refractivity contribution in [3.05, 3.63) is 5.28 Å². The fourth-order valence-electron chi connectivity index (χ4n) is 2.73. The van der Waals surface area contributed by atoms with Crippen LogP contribution in [0.2, 0.25) is 5.28 Å². The smallest absolute Gasteiger partial charge is 0.231 e. The van der Waals surface area contributed by atoms with E-state index in [1.165, 1.54) is 32.1 Å². The van der Waals surface area contributed by atoms with Crippen molar-refractivity contribution in [2.24, 2.45) is 5.92 Å². The molecule has 0 aromatic carbocycles. The third-order valence-corrected chi connectivity index (χ3v) is 3.98. The second-order valence-corrected chi connectivity index (χ2v) is 6.01. The highest BCUT2D eigenvalue weighted by Crippen LogP contribution is 2.24. The Balaban J connectivity index is 2.11. The third-order valence-electron chi connectivity index (χ3n) is 3.81. The third kappa shape index (κ3) is 3.95. The lowest BCUT2D eigenvalue weighted by Crippen LogP contribution is -2.27. The molecule has 0 radical (unpaired) electrons. The van der Waals surface area contributed by atoms with Gasteiger partial charge in [0, 0.05) is 27.2 Å². The maximum absolute atomic E-state index is 6.02. The predicted octanol–water partition coefficient (Wildman–Crippen LogP) is 3.00. The van der Waals surface area contributed by atoms with Crippen LogP contribution in [0.5, 0.6) is 0 Å². The lowest BCUT2D eigenvalue weighted by molar-refractivity contribution is 0.435. The number of halogens is 1. The largest absolute Gasteiger partial charge is 0.347 e. The highest BCUT2D eigenvalue weighted by Gasteiger charge is 2.19. The van der Waals surface area contributed by atoms with Crippen LogP contribution in [0.4, 0.5) is 11.9 Å². The molecular weight excluding hydrogens is 274 g/mol. The minimum Gasteiger partial charge on any atom is -0.347 e. The second-order valence-electron chi connectivity index (χ2n) is 5.67. The zero-order valence-corrected chi connectivity index (χ0v) is 13.4. The van der Waals surface area contributed by atoms with Gasteiger partial charge in [0.1, 0.15) is 0 Å². The van der Waals surface area contributed by atoms with Crippen LogP contribution in [0.25, 0.3) is 0 Å². The molecule has 1 fully saturated rings. The Kier molecular flexibility index (Phi) is 5.40. The van der Waals surface area contributed by atoms with E-state index >= 15 is 0 Å². The van der Waals surface area contributed by atoms with Crippen LogP contribution in [-0.2, 0) is 0 Å². The summed E-state index contributed by atoms with van der Waals surface area (Å²) in [5.41, 5.74) is 0. The SMILES string of the molecule is CCCC1CCCN(c2nc(Cl)nc(N(C)C)n2)CC1. The van der Waals surface area contributed by atoms with Gasteiger partial charge in [-0.2, -0.15) is 15.0 Å². The highest BCUT2D eigenvalue weighted by molar-refractivity contribution is 6.28. The molecule has 1 aromatic heterocycles. The minimum atomic E-state index is 0.271. The molecule has 0 amide bonds. The van der Waals surface area contributed by atoms with Gasteiger partial charge in [-0.3, -0.25) is 0 Å². The van der Waals surface area contributed by atoms with E-state index in [0.29, 0.717) is 11.9 Å². The summed E-state index contributed by atoms with van der Waals surface area (Å²) in [4.78, 5) is 17.1. The zero-order chi connectivity index (χ0) is 14.5. The summed E-state index contributed by atoms with van der Waals surface area (Å²) in [6.45, 7) is 4.28. The van der Waals surface area contributed by atoms with Crippen molar-refractivity contribution in [2.75, 3.05) is 37.0 Å². The molecule has 0 N–H and O–H groups in total. The normalized spacial score (nSPS) is 19.8. The average molecular weight is 298 g/mol. The summed E-state index contributed by atoms with van der Waals surface area (Å²) in [5, 5.41) is 0.271. The van der Waals surface area contributed by atoms with Crippen LogP contribution in [-0.4, -0.2) is 42.1 Å². The van der Waals surface area contributed by atoms with E-state index in [1.807, 2.05) is 19.0 Å². The van der Waals surface area contributed by atoms with E-state index in [2.05, 4.69) is 26.8 Å². The molecule has 1 saturated heterocycles. The molecule has 1 unspecified atom stereocenters. The van der Waals surface area contributed by atoms with E-state index in [0.717, 1.165) is 19.0 Å². The van der Waals surface area contributed by atoms with Gasteiger partial charge in [-0.15, -0.1) is 0 Å².